The van der Waals surface area contributed by atoms with Crippen molar-refractivity contribution < 1.29 is 18.7 Å². The summed E-state index contributed by atoms with van der Waals surface area (Å²) in [6.45, 7) is 6.48. The molecule has 1 aromatic carbocycles. The number of hydrogen-bond acceptors (Lipinski definition) is 5. The molecule has 3 rings (SSSR count). The Morgan fingerprint density at radius 3 is 2.34 bits per heavy atom. The SMILES string of the molecule is CCCCCCC(=O)O/C(=C\CCN1CCC(C(N)=O)(N2CCCCC2)CC1)c1ccc(F)cc1. The fourth-order valence-electron chi connectivity index (χ4n) is 5.27. The van der Waals surface area contributed by atoms with E-state index in [1.54, 1.807) is 12.1 Å². The van der Waals surface area contributed by atoms with Crippen molar-refractivity contribution in [3.63, 3.8) is 0 Å². The zero-order chi connectivity index (χ0) is 25.1. The Hall–Kier alpha value is -2.25. The van der Waals surface area contributed by atoms with E-state index < -0.39 is 5.54 Å². The minimum atomic E-state index is -0.515. The molecule has 1 amide bonds. The number of esters is 1. The van der Waals surface area contributed by atoms with E-state index in [9.17, 15) is 14.0 Å². The number of amides is 1. The smallest absolute Gasteiger partial charge is 0.311 e. The summed E-state index contributed by atoms with van der Waals surface area (Å²) in [6.07, 6.45) is 12.1. The number of benzene rings is 1. The molecule has 2 heterocycles. The fourth-order valence-corrected chi connectivity index (χ4v) is 5.27. The molecule has 0 atom stereocenters. The van der Waals surface area contributed by atoms with Crippen LogP contribution in [0.15, 0.2) is 30.3 Å². The van der Waals surface area contributed by atoms with Crippen molar-refractivity contribution in [2.75, 3.05) is 32.7 Å². The molecule has 2 aliphatic rings. The Bertz CT molecular complexity index is 842. The zero-order valence-corrected chi connectivity index (χ0v) is 21.3. The first-order valence-electron chi connectivity index (χ1n) is 13.4. The number of ether oxygens (including phenoxy) is 1. The third kappa shape index (κ3) is 7.87. The molecule has 2 fully saturated rings. The van der Waals surface area contributed by atoms with E-state index in [0.717, 1.165) is 84.1 Å². The van der Waals surface area contributed by atoms with E-state index in [2.05, 4.69) is 16.7 Å². The molecule has 194 valence electrons. The van der Waals surface area contributed by atoms with E-state index in [4.69, 9.17) is 10.5 Å². The average molecular weight is 488 g/mol. The highest BCUT2D eigenvalue weighted by atomic mass is 19.1. The van der Waals surface area contributed by atoms with Crippen LogP contribution in [-0.4, -0.2) is 59.9 Å². The molecule has 0 spiro atoms. The molecule has 2 N–H and O–H groups in total. The number of halogens is 1. The number of nitrogens with two attached hydrogens (primary N) is 1. The second kappa shape index (κ2) is 13.7. The lowest BCUT2D eigenvalue weighted by Gasteiger charge is -2.48. The third-order valence-corrected chi connectivity index (χ3v) is 7.47. The summed E-state index contributed by atoms with van der Waals surface area (Å²) in [7, 11) is 0. The first kappa shape index (κ1) is 27.3. The van der Waals surface area contributed by atoms with E-state index >= 15 is 0 Å². The number of nitrogens with zero attached hydrogens (tertiary/aromatic N) is 2. The van der Waals surface area contributed by atoms with Crippen LogP contribution in [0.25, 0.3) is 5.76 Å². The quantitative estimate of drug-likeness (QED) is 0.258. The number of likely N-dealkylation sites (tertiary alicyclic amines) is 2. The van der Waals surface area contributed by atoms with Crippen molar-refractivity contribution in [2.45, 2.75) is 83.1 Å². The molecule has 0 unspecified atom stereocenters. The maximum Gasteiger partial charge on any atom is 0.311 e. The lowest BCUT2D eigenvalue weighted by molar-refractivity contribution is -0.137. The van der Waals surface area contributed by atoms with Crippen LogP contribution in [0.1, 0.15) is 83.1 Å². The molecular formula is C28H42FN3O3. The predicted molar refractivity (Wildman–Crippen MR) is 137 cm³/mol. The molecule has 0 saturated carbocycles. The van der Waals surface area contributed by atoms with Gasteiger partial charge in [-0.25, -0.2) is 4.39 Å². The number of rotatable bonds is 12. The molecule has 0 aromatic heterocycles. The first-order chi connectivity index (χ1) is 16.9. The van der Waals surface area contributed by atoms with Crippen molar-refractivity contribution in [1.82, 2.24) is 9.80 Å². The standard InChI is InChI=1S/C28H42FN3O3/c1-2-3-4-6-11-26(33)35-25(23-12-14-24(29)15-13-23)10-9-18-31-21-16-28(17-22-31,27(30)34)32-19-7-5-8-20-32/h10,12-15H,2-9,11,16-22H2,1H3,(H2,30,34)/b25-10-. The van der Waals surface area contributed by atoms with Crippen LogP contribution in [0.5, 0.6) is 0 Å². The molecule has 2 saturated heterocycles. The van der Waals surface area contributed by atoms with Gasteiger partial charge in [0.25, 0.3) is 0 Å². The van der Waals surface area contributed by atoms with E-state index in [1.165, 1.54) is 18.6 Å². The summed E-state index contributed by atoms with van der Waals surface area (Å²) in [5, 5.41) is 0. The summed E-state index contributed by atoms with van der Waals surface area (Å²) >= 11 is 0. The molecular weight excluding hydrogens is 445 g/mol. The van der Waals surface area contributed by atoms with Crippen LogP contribution < -0.4 is 5.73 Å². The molecule has 0 radical (unpaired) electrons. The minimum Gasteiger partial charge on any atom is -0.426 e. The molecule has 7 heteroatoms. The maximum atomic E-state index is 13.4. The van der Waals surface area contributed by atoms with Gasteiger partial charge in [0.1, 0.15) is 17.1 Å². The number of carbonyl (C=O) groups excluding carboxylic acids is 2. The number of hydrogen-bond donors (Lipinski definition) is 1. The van der Waals surface area contributed by atoms with Gasteiger partial charge in [-0.3, -0.25) is 14.5 Å². The summed E-state index contributed by atoms with van der Waals surface area (Å²) in [5.41, 5.74) is 6.09. The van der Waals surface area contributed by atoms with Crippen LogP contribution in [0.2, 0.25) is 0 Å². The lowest BCUT2D eigenvalue weighted by atomic mass is 9.83. The van der Waals surface area contributed by atoms with Crippen LogP contribution in [0, 0.1) is 5.82 Å². The Kier molecular flexibility index (Phi) is 10.7. The fraction of sp³-hybridized carbons (Fsp3) is 0.643. The van der Waals surface area contributed by atoms with Gasteiger partial charge in [-0.1, -0.05) is 32.6 Å². The number of unbranched alkanes of at least 4 members (excludes halogenated alkanes) is 3. The second-order valence-corrected chi connectivity index (χ2v) is 9.93. The van der Waals surface area contributed by atoms with Crippen molar-refractivity contribution in [3.05, 3.63) is 41.7 Å². The minimum absolute atomic E-state index is 0.191. The van der Waals surface area contributed by atoms with Gasteiger partial charge in [0.05, 0.1) is 0 Å². The maximum absolute atomic E-state index is 13.4. The van der Waals surface area contributed by atoms with Crippen molar-refractivity contribution >= 4 is 17.6 Å². The summed E-state index contributed by atoms with van der Waals surface area (Å²) in [5.74, 6) is -0.271. The van der Waals surface area contributed by atoms with E-state index in [-0.39, 0.29) is 17.7 Å². The van der Waals surface area contributed by atoms with Crippen molar-refractivity contribution in [2.24, 2.45) is 5.73 Å². The van der Waals surface area contributed by atoms with Gasteiger partial charge in [0, 0.05) is 31.6 Å². The number of carbonyl (C=O) groups is 2. The van der Waals surface area contributed by atoms with Gasteiger partial charge in [-0.2, -0.15) is 0 Å². The van der Waals surface area contributed by atoms with Crippen LogP contribution in [0.4, 0.5) is 4.39 Å². The Morgan fingerprint density at radius 1 is 1.03 bits per heavy atom. The topological polar surface area (TPSA) is 75.9 Å². The number of primary amides is 1. The molecule has 0 aliphatic carbocycles. The average Bonchev–Trinajstić information content (AvgIpc) is 2.87. The highest BCUT2D eigenvalue weighted by Crippen LogP contribution is 2.31. The lowest BCUT2D eigenvalue weighted by Crippen LogP contribution is -2.63. The van der Waals surface area contributed by atoms with Crippen LogP contribution in [0.3, 0.4) is 0 Å². The first-order valence-corrected chi connectivity index (χ1v) is 13.4. The summed E-state index contributed by atoms with van der Waals surface area (Å²) in [4.78, 5) is 29.5. The molecule has 1 aromatic rings. The van der Waals surface area contributed by atoms with Crippen molar-refractivity contribution in [3.8, 4) is 0 Å². The Balaban J connectivity index is 1.57. The van der Waals surface area contributed by atoms with Gasteiger partial charge in [0.15, 0.2) is 0 Å². The zero-order valence-electron chi connectivity index (χ0n) is 21.3. The van der Waals surface area contributed by atoms with Gasteiger partial charge in [0.2, 0.25) is 5.91 Å². The summed E-state index contributed by atoms with van der Waals surface area (Å²) in [6, 6.07) is 6.05. The molecule has 2 aliphatic heterocycles. The van der Waals surface area contributed by atoms with Gasteiger partial charge in [-0.05, 0) is 82.0 Å². The largest absolute Gasteiger partial charge is 0.426 e. The van der Waals surface area contributed by atoms with Crippen molar-refractivity contribution in [1.29, 1.82) is 0 Å². The van der Waals surface area contributed by atoms with E-state index in [1.807, 2.05) is 6.08 Å². The monoisotopic (exact) mass is 487 g/mol. The third-order valence-electron chi connectivity index (χ3n) is 7.47. The molecule has 35 heavy (non-hydrogen) atoms. The van der Waals surface area contributed by atoms with Crippen LogP contribution in [-0.2, 0) is 14.3 Å². The molecule has 6 nitrogen and oxygen atoms in total. The normalized spacial score (nSPS) is 19.4. The number of piperidine rings is 2. The summed E-state index contributed by atoms with van der Waals surface area (Å²) < 4.78 is 19.1. The molecule has 0 bridgehead atoms. The van der Waals surface area contributed by atoms with E-state index in [0.29, 0.717) is 24.2 Å². The Morgan fingerprint density at radius 2 is 1.71 bits per heavy atom. The predicted octanol–water partition coefficient (Wildman–Crippen LogP) is 4.88. The van der Waals surface area contributed by atoms with Crippen LogP contribution >= 0.6 is 0 Å². The highest BCUT2D eigenvalue weighted by Gasteiger charge is 2.44. The Labute approximate surface area is 209 Å². The van der Waals surface area contributed by atoms with Gasteiger partial charge in [-0.15, -0.1) is 0 Å². The van der Waals surface area contributed by atoms with Gasteiger partial charge >= 0.3 is 5.97 Å². The highest BCUT2D eigenvalue weighted by molar-refractivity contribution is 5.85. The second-order valence-electron chi connectivity index (χ2n) is 9.93. The van der Waals surface area contributed by atoms with Gasteiger partial charge < -0.3 is 15.4 Å².